The van der Waals surface area contributed by atoms with E-state index < -0.39 is 5.60 Å². The second-order valence-electron chi connectivity index (χ2n) is 6.35. The molecule has 1 saturated heterocycles. The van der Waals surface area contributed by atoms with E-state index in [4.69, 9.17) is 0 Å². The Hall–Kier alpha value is -0.450. The van der Waals surface area contributed by atoms with Crippen molar-refractivity contribution in [3.8, 4) is 0 Å². The standard InChI is InChI=1S/C14H26N2O2/c1-14(2,18)11-15-7-9-16(10-8-15)12-5-3-4-6-13(12)17/h12,18H,3-11H2,1-2H3. The van der Waals surface area contributed by atoms with E-state index in [0.717, 1.165) is 52.0 Å². The average Bonchev–Trinajstić information content (AvgIpc) is 2.29. The van der Waals surface area contributed by atoms with Gasteiger partial charge in [-0.3, -0.25) is 14.6 Å². The first kappa shape index (κ1) is 14.0. The molecule has 0 aromatic carbocycles. The van der Waals surface area contributed by atoms with Crippen molar-refractivity contribution in [3.63, 3.8) is 0 Å². The first-order chi connectivity index (χ1) is 8.46. The number of β-amino-alcohol motifs (C(OH)–C–C–N with tert-alkyl or cyclic N) is 1. The molecule has 18 heavy (non-hydrogen) atoms. The number of hydrogen-bond donors (Lipinski definition) is 1. The number of piperazine rings is 1. The first-order valence-electron chi connectivity index (χ1n) is 7.17. The van der Waals surface area contributed by atoms with Crippen molar-refractivity contribution in [2.45, 2.75) is 51.2 Å². The summed E-state index contributed by atoms with van der Waals surface area (Å²) in [6, 6.07) is 0.183. The Morgan fingerprint density at radius 2 is 1.89 bits per heavy atom. The second kappa shape index (κ2) is 5.68. The van der Waals surface area contributed by atoms with Gasteiger partial charge in [-0.15, -0.1) is 0 Å². The Kier molecular flexibility index (Phi) is 4.41. The lowest BCUT2D eigenvalue weighted by atomic mass is 9.92. The van der Waals surface area contributed by atoms with E-state index in [-0.39, 0.29) is 6.04 Å². The largest absolute Gasteiger partial charge is 0.389 e. The molecule has 1 atom stereocenters. The predicted molar refractivity (Wildman–Crippen MR) is 71.6 cm³/mol. The molecule has 1 aliphatic heterocycles. The normalized spacial score (nSPS) is 28.6. The minimum atomic E-state index is -0.622. The third-order valence-electron chi connectivity index (χ3n) is 3.98. The molecule has 4 nitrogen and oxygen atoms in total. The third kappa shape index (κ3) is 3.77. The maximum absolute atomic E-state index is 11.9. The number of nitrogens with zero attached hydrogens (tertiary/aromatic N) is 2. The van der Waals surface area contributed by atoms with Crippen LogP contribution in [0.3, 0.4) is 0 Å². The smallest absolute Gasteiger partial charge is 0.149 e. The van der Waals surface area contributed by atoms with Gasteiger partial charge in [-0.25, -0.2) is 0 Å². The molecule has 104 valence electrons. The second-order valence-corrected chi connectivity index (χ2v) is 6.35. The zero-order valence-electron chi connectivity index (χ0n) is 11.7. The van der Waals surface area contributed by atoms with Crippen LogP contribution >= 0.6 is 0 Å². The highest BCUT2D eigenvalue weighted by atomic mass is 16.3. The average molecular weight is 254 g/mol. The van der Waals surface area contributed by atoms with Gasteiger partial charge in [-0.2, -0.15) is 0 Å². The van der Waals surface area contributed by atoms with Gasteiger partial charge in [0.25, 0.3) is 0 Å². The van der Waals surface area contributed by atoms with E-state index in [1.165, 1.54) is 6.42 Å². The summed E-state index contributed by atoms with van der Waals surface area (Å²) in [6.45, 7) is 8.29. The predicted octanol–water partition coefficient (Wildman–Crippen LogP) is 0.887. The Bertz CT molecular complexity index is 291. The summed E-state index contributed by atoms with van der Waals surface area (Å²) in [5.74, 6) is 0.442. The van der Waals surface area contributed by atoms with Crippen LogP contribution in [0.25, 0.3) is 0 Å². The van der Waals surface area contributed by atoms with Gasteiger partial charge in [-0.1, -0.05) is 6.42 Å². The molecular formula is C14H26N2O2. The van der Waals surface area contributed by atoms with E-state index in [0.29, 0.717) is 5.78 Å². The molecule has 1 N–H and O–H groups in total. The minimum Gasteiger partial charge on any atom is -0.389 e. The lowest BCUT2D eigenvalue weighted by Gasteiger charge is -2.41. The molecule has 2 rings (SSSR count). The Balaban J connectivity index is 1.81. The molecule has 2 fully saturated rings. The fourth-order valence-electron chi connectivity index (χ4n) is 3.13. The van der Waals surface area contributed by atoms with Crippen LogP contribution in [0.4, 0.5) is 0 Å². The summed E-state index contributed by atoms with van der Waals surface area (Å²) in [5.41, 5.74) is -0.622. The lowest BCUT2D eigenvalue weighted by Crippen LogP contribution is -2.55. The molecule has 0 bridgehead atoms. The fourth-order valence-corrected chi connectivity index (χ4v) is 3.13. The number of rotatable bonds is 3. The van der Waals surface area contributed by atoms with Crippen molar-refractivity contribution in [2.24, 2.45) is 0 Å². The Morgan fingerprint density at radius 3 is 2.44 bits per heavy atom. The molecule has 1 unspecified atom stereocenters. The zero-order chi connectivity index (χ0) is 13.2. The quantitative estimate of drug-likeness (QED) is 0.812. The molecule has 1 heterocycles. The monoisotopic (exact) mass is 254 g/mol. The van der Waals surface area contributed by atoms with Gasteiger partial charge >= 0.3 is 0 Å². The van der Waals surface area contributed by atoms with Crippen molar-refractivity contribution in [3.05, 3.63) is 0 Å². The summed E-state index contributed by atoms with van der Waals surface area (Å²) in [4.78, 5) is 16.6. The molecule has 0 aromatic rings. The highest BCUT2D eigenvalue weighted by Crippen LogP contribution is 2.21. The van der Waals surface area contributed by atoms with Crippen LogP contribution in [-0.2, 0) is 4.79 Å². The molecular weight excluding hydrogens is 228 g/mol. The SMILES string of the molecule is CC(C)(O)CN1CCN(C2CCCCC2=O)CC1. The fraction of sp³-hybridized carbons (Fsp3) is 0.929. The van der Waals surface area contributed by atoms with Crippen LogP contribution in [-0.4, -0.2) is 65.1 Å². The molecule has 0 spiro atoms. The van der Waals surface area contributed by atoms with Crippen molar-refractivity contribution >= 4 is 5.78 Å². The molecule has 0 radical (unpaired) electrons. The zero-order valence-corrected chi connectivity index (χ0v) is 11.7. The van der Waals surface area contributed by atoms with Gasteiger partial charge in [0.2, 0.25) is 0 Å². The highest BCUT2D eigenvalue weighted by Gasteiger charge is 2.31. The number of carbonyl (C=O) groups excluding carboxylic acids is 1. The van der Waals surface area contributed by atoms with Gasteiger partial charge in [-0.05, 0) is 26.7 Å². The summed E-state index contributed by atoms with van der Waals surface area (Å²) in [6.07, 6.45) is 4.09. The summed E-state index contributed by atoms with van der Waals surface area (Å²) >= 11 is 0. The van der Waals surface area contributed by atoms with Gasteiger partial charge in [0.15, 0.2) is 0 Å². The van der Waals surface area contributed by atoms with Crippen molar-refractivity contribution in [1.29, 1.82) is 0 Å². The van der Waals surface area contributed by atoms with Crippen LogP contribution in [0.5, 0.6) is 0 Å². The van der Waals surface area contributed by atoms with Crippen LogP contribution in [0.1, 0.15) is 39.5 Å². The van der Waals surface area contributed by atoms with Crippen LogP contribution in [0, 0.1) is 0 Å². The lowest BCUT2D eigenvalue weighted by molar-refractivity contribution is -0.127. The van der Waals surface area contributed by atoms with Crippen molar-refractivity contribution in [2.75, 3.05) is 32.7 Å². The van der Waals surface area contributed by atoms with Gasteiger partial charge in [0.1, 0.15) is 5.78 Å². The summed E-state index contributed by atoms with van der Waals surface area (Å²) < 4.78 is 0. The van der Waals surface area contributed by atoms with Crippen LogP contribution in [0.15, 0.2) is 0 Å². The Labute approximate surface area is 110 Å². The number of ketones is 1. The summed E-state index contributed by atoms with van der Waals surface area (Å²) in [7, 11) is 0. The van der Waals surface area contributed by atoms with E-state index in [9.17, 15) is 9.90 Å². The number of carbonyl (C=O) groups is 1. The van der Waals surface area contributed by atoms with E-state index in [2.05, 4.69) is 9.80 Å². The Morgan fingerprint density at radius 1 is 1.22 bits per heavy atom. The third-order valence-corrected chi connectivity index (χ3v) is 3.98. The van der Waals surface area contributed by atoms with E-state index in [1.807, 2.05) is 13.8 Å². The highest BCUT2D eigenvalue weighted by molar-refractivity contribution is 5.84. The number of aliphatic hydroxyl groups is 1. The minimum absolute atomic E-state index is 0.183. The van der Waals surface area contributed by atoms with Crippen molar-refractivity contribution < 1.29 is 9.90 Å². The molecule has 4 heteroatoms. The van der Waals surface area contributed by atoms with Crippen LogP contribution < -0.4 is 0 Å². The first-order valence-corrected chi connectivity index (χ1v) is 7.17. The van der Waals surface area contributed by atoms with Gasteiger partial charge in [0, 0.05) is 39.1 Å². The molecule has 2 aliphatic rings. The molecule has 0 aromatic heterocycles. The molecule has 1 saturated carbocycles. The number of Topliss-reactive ketones (excluding diaryl/α,β-unsaturated/α-hetero) is 1. The van der Waals surface area contributed by atoms with Crippen LogP contribution in [0.2, 0.25) is 0 Å². The summed E-state index contributed by atoms with van der Waals surface area (Å²) in [5, 5.41) is 9.82. The maximum Gasteiger partial charge on any atom is 0.149 e. The molecule has 1 aliphatic carbocycles. The maximum atomic E-state index is 11.9. The topological polar surface area (TPSA) is 43.8 Å². The van der Waals surface area contributed by atoms with E-state index >= 15 is 0 Å². The van der Waals surface area contributed by atoms with Gasteiger partial charge < -0.3 is 5.11 Å². The number of hydrogen-bond acceptors (Lipinski definition) is 4. The van der Waals surface area contributed by atoms with Gasteiger partial charge in [0.05, 0.1) is 11.6 Å². The van der Waals surface area contributed by atoms with E-state index in [1.54, 1.807) is 0 Å². The van der Waals surface area contributed by atoms with Crippen molar-refractivity contribution in [1.82, 2.24) is 9.80 Å². The molecule has 0 amide bonds.